The van der Waals surface area contributed by atoms with Crippen LogP contribution in [0.5, 0.6) is 0 Å². The van der Waals surface area contributed by atoms with E-state index in [-0.39, 0.29) is 0 Å². The van der Waals surface area contributed by atoms with Crippen molar-refractivity contribution in [1.82, 2.24) is 15.0 Å². The Balaban J connectivity index is 0.000000134. The third-order valence-electron chi connectivity index (χ3n) is 10.9. The highest BCUT2D eigenvalue weighted by molar-refractivity contribution is 7.11. The predicted molar refractivity (Wildman–Crippen MR) is 253 cm³/mol. The fourth-order valence-electron chi connectivity index (χ4n) is 7.47. The monoisotopic (exact) mass is 789 g/mol. The fraction of sp³-hybridized carbons (Fsp3) is 0.218. The molecular formula is C55H55N3S. The maximum Gasteiger partial charge on any atom is 0.0737 e. The minimum atomic E-state index is 1.04. The molecule has 4 heterocycles. The number of aromatic nitrogens is 3. The van der Waals surface area contributed by atoms with Gasteiger partial charge in [-0.25, -0.2) is 0 Å². The molecule has 0 fully saturated rings. The second-order valence-corrected chi connectivity index (χ2v) is 17.2. The molecular weight excluding hydrogens is 735 g/mol. The van der Waals surface area contributed by atoms with Gasteiger partial charge in [0.25, 0.3) is 0 Å². The van der Waals surface area contributed by atoms with Crippen LogP contribution in [0, 0.1) is 41.5 Å². The first-order valence-electron chi connectivity index (χ1n) is 20.9. The summed E-state index contributed by atoms with van der Waals surface area (Å²) in [6.07, 6.45) is 6.37. The molecule has 4 heteroatoms. The molecule has 0 unspecified atom stereocenters. The summed E-state index contributed by atoms with van der Waals surface area (Å²) in [4.78, 5) is 17.0. The molecule has 296 valence electrons. The molecule has 0 saturated carbocycles. The molecule has 5 aromatic carbocycles. The van der Waals surface area contributed by atoms with Crippen LogP contribution in [0.1, 0.15) is 65.8 Å². The van der Waals surface area contributed by atoms with E-state index < -0.39 is 0 Å². The summed E-state index contributed by atoms with van der Waals surface area (Å²) in [6, 6.07) is 54.2. The van der Waals surface area contributed by atoms with Gasteiger partial charge in [0.2, 0.25) is 0 Å². The zero-order valence-electron chi connectivity index (χ0n) is 35.4. The Kier molecular flexibility index (Phi) is 13.7. The van der Waals surface area contributed by atoms with E-state index in [9.17, 15) is 0 Å². The fourth-order valence-corrected chi connectivity index (χ4v) is 8.36. The molecule has 0 amide bonds. The van der Waals surface area contributed by atoms with Crippen LogP contribution in [0.15, 0.2) is 152 Å². The Morgan fingerprint density at radius 1 is 0.339 bits per heavy atom. The third-order valence-corrected chi connectivity index (χ3v) is 11.9. The second kappa shape index (κ2) is 19.7. The average Bonchev–Trinajstić information content (AvgIpc) is 3.67. The van der Waals surface area contributed by atoms with Crippen LogP contribution in [0.2, 0.25) is 0 Å². The average molecular weight is 790 g/mol. The smallest absolute Gasteiger partial charge is 0.0737 e. The SMILES string of the molecule is Cc1ccc(CCc2cccc3ccc(C)nc23)cc1.Cc1ccc(CCc2cccc3ccc(C)nc23)cc1.Cc1ccc2cccc(CCc3ccc(C)s3)c2n1. The van der Waals surface area contributed by atoms with Gasteiger partial charge in [-0.2, -0.15) is 0 Å². The first-order valence-corrected chi connectivity index (χ1v) is 21.7. The lowest BCUT2D eigenvalue weighted by atomic mass is 10.0. The molecule has 0 aliphatic rings. The molecule has 4 aromatic heterocycles. The zero-order valence-corrected chi connectivity index (χ0v) is 36.2. The number of hydrogen-bond donors (Lipinski definition) is 0. The number of thiophene rings is 1. The number of nitrogens with zero attached hydrogens (tertiary/aromatic N) is 3. The molecule has 0 N–H and O–H groups in total. The van der Waals surface area contributed by atoms with Gasteiger partial charge in [-0.3, -0.25) is 15.0 Å². The Morgan fingerprint density at radius 2 is 0.712 bits per heavy atom. The highest BCUT2D eigenvalue weighted by atomic mass is 32.1. The van der Waals surface area contributed by atoms with Crippen molar-refractivity contribution in [3.8, 4) is 0 Å². The van der Waals surface area contributed by atoms with Gasteiger partial charge in [-0.15, -0.1) is 11.3 Å². The Bertz CT molecular complexity index is 2650. The largest absolute Gasteiger partial charge is 0.253 e. The minimum Gasteiger partial charge on any atom is -0.253 e. The van der Waals surface area contributed by atoms with Crippen molar-refractivity contribution < 1.29 is 0 Å². The van der Waals surface area contributed by atoms with Gasteiger partial charge >= 0.3 is 0 Å². The first kappa shape index (κ1) is 41.2. The van der Waals surface area contributed by atoms with Crippen LogP contribution in [0.4, 0.5) is 0 Å². The minimum absolute atomic E-state index is 1.04. The standard InChI is InChI=1S/2C19H19N.C17H17NS/c2*1-14-6-9-16(10-7-14)11-13-18-5-3-4-17-12-8-15(2)20-19(17)18;1-12-6-8-14-4-3-5-15(17(14)18-12)9-11-16-10-7-13(2)19-16/h2*3-10,12H,11,13H2,1-2H3;3-8,10H,9,11H2,1-2H3. The number of para-hydroxylation sites is 3. The van der Waals surface area contributed by atoms with Gasteiger partial charge in [-0.1, -0.05) is 132 Å². The summed E-state index contributed by atoms with van der Waals surface area (Å²) >= 11 is 1.90. The van der Waals surface area contributed by atoms with Crippen molar-refractivity contribution >= 4 is 44.0 Å². The molecule has 9 rings (SSSR count). The number of pyridine rings is 3. The number of fused-ring (bicyclic) bond motifs is 3. The van der Waals surface area contributed by atoms with E-state index in [4.69, 9.17) is 15.0 Å². The van der Waals surface area contributed by atoms with E-state index in [1.54, 1.807) is 0 Å². The summed E-state index contributed by atoms with van der Waals surface area (Å²) in [6.45, 7) is 12.6. The van der Waals surface area contributed by atoms with Crippen LogP contribution < -0.4 is 0 Å². The number of benzene rings is 5. The zero-order chi connectivity index (χ0) is 41.1. The van der Waals surface area contributed by atoms with Crippen LogP contribution >= 0.6 is 11.3 Å². The normalized spacial score (nSPS) is 10.9. The molecule has 3 nitrogen and oxygen atoms in total. The molecule has 9 aromatic rings. The van der Waals surface area contributed by atoms with E-state index >= 15 is 0 Å². The van der Waals surface area contributed by atoms with Crippen molar-refractivity contribution in [2.24, 2.45) is 0 Å². The lowest BCUT2D eigenvalue weighted by Gasteiger charge is -2.07. The lowest BCUT2D eigenvalue weighted by molar-refractivity contribution is 0.963. The number of hydrogen-bond acceptors (Lipinski definition) is 4. The summed E-state index contributed by atoms with van der Waals surface area (Å²) in [5.41, 5.74) is 16.2. The highest BCUT2D eigenvalue weighted by Gasteiger charge is 2.07. The van der Waals surface area contributed by atoms with Crippen LogP contribution in [0.3, 0.4) is 0 Å². The quantitative estimate of drug-likeness (QED) is 0.146. The van der Waals surface area contributed by atoms with Gasteiger partial charge in [-0.05, 0) is 138 Å². The molecule has 0 radical (unpaired) electrons. The molecule has 0 saturated heterocycles. The molecule has 0 atom stereocenters. The number of rotatable bonds is 9. The van der Waals surface area contributed by atoms with Crippen molar-refractivity contribution in [3.63, 3.8) is 0 Å². The predicted octanol–water partition coefficient (Wildman–Crippen LogP) is 14.0. The van der Waals surface area contributed by atoms with Gasteiger partial charge < -0.3 is 0 Å². The molecule has 0 aliphatic carbocycles. The Morgan fingerprint density at radius 3 is 1.07 bits per heavy atom. The molecule has 0 aliphatic heterocycles. The first-order chi connectivity index (χ1) is 28.7. The topological polar surface area (TPSA) is 38.7 Å². The maximum absolute atomic E-state index is 4.70. The summed E-state index contributed by atoms with van der Waals surface area (Å²) in [5, 5.41) is 3.71. The van der Waals surface area contributed by atoms with Crippen LogP contribution in [-0.4, -0.2) is 15.0 Å². The van der Waals surface area contributed by atoms with Crippen LogP contribution in [-0.2, 0) is 38.5 Å². The Labute approximate surface area is 354 Å². The van der Waals surface area contributed by atoms with Crippen LogP contribution in [0.25, 0.3) is 32.7 Å². The van der Waals surface area contributed by atoms with Crippen molar-refractivity contribution in [2.75, 3.05) is 0 Å². The lowest BCUT2D eigenvalue weighted by Crippen LogP contribution is -1.95. The maximum atomic E-state index is 4.70. The summed E-state index contributed by atoms with van der Waals surface area (Å²) in [7, 11) is 0. The van der Waals surface area contributed by atoms with Gasteiger partial charge in [0.05, 0.1) is 16.6 Å². The van der Waals surface area contributed by atoms with Gasteiger partial charge in [0.1, 0.15) is 0 Å². The number of aryl methyl sites for hydroxylation is 12. The molecule has 0 bridgehead atoms. The van der Waals surface area contributed by atoms with E-state index in [2.05, 4.69) is 193 Å². The van der Waals surface area contributed by atoms with Gasteiger partial charge in [0.15, 0.2) is 0 Å². The molecule has 59 heavy (non-hydrogen) atoms. The van der Waals surface area contributed by atoms with Crippen molar-refractivity contribution in [2.45, 2.75) is 80.1 Å². The summed E-state index contributed by atoms with van der Waals surface area (Å²) < 4.78 is 0. The van der Waals surface area contributed by atoms with Crippen molar-refractivity contribution in [1.29, 1.82) is 0 Å². The van der Waals surface area contributed by atoms with Crippen molar-refractivity contribution in [3.05, 3.63) is 217 Å². The van der Waals surface area contributed by atoms with E-state index in [1.165, 1.54) is 64.9 Å². The summed E-state index contributed by atoms with van der Waals surface area (Å²) in [5.74, 6) is 0. The third kappa shape index (κ3) is 11.4. The second-order valence-electron chi connectivity index (χ2n) is 15.8. The van der Waals surface area contributed by atoms with Gasteiger partial charge in [0, 0.05) is 43.0 Å². The molecule has 0 spiro atoms. The van der Waals surface area contributed by atoms with E-state index in [0.717, 1.165) is 72.2 Å². The van der Waals surface area contributed by atoms with E-state index in [1.807, 2.05) is 11.3 Å². The highest BCUT2D eigenvalue weighted by Crippen LogP contribution is 2.23. The Hall–Kier alpha value is -5.97. The van der Waals surface area contributed by atoms with E-state index in [0.29, 0.717) is 0 Å².